The fourth-order valence-corrected chi connectivity index (χ4v) is 4.29. The molecule has 4 amide bonds. The quantitative estimate of drug-likeness (QED) is 0.391. The summed E-state index contributed by atoms with van der Waals surface area (Å²) in [4.78, 5) is 41.4. The minimum atomic E-state index is -5.58. The van der Waals surface area contributed by atoms with Gasteiger partial charge in [-0.25, -0.2) is 22.9 Å². The fraction of sp³-hybridized carbons (Fsp3) is 0.364. The molecule has 1 aromatic heterocycles. The fourth-order valence-electron chi connectivity index (χ4n) is 3.53. The number of unbranched alkanes of at least 4 members (excludes halogenated alkanes) is 1. The first-order valence-electron chi connectivity index (χ1n) is 10.8. The van der Waals surface area contributed by atoms with Crippen LogP contribution in [0.25, 0.3) is 0 Å². The number of ether oxygens (including phenoxy) is 1. The smallest absolute Gasteiger partial charge is 0.449 e. The molecule has 0 aliphatic carbocycles. The van der Waals surface area contributed by atoms with Crippen LogP contribution in [-0.2, 0) is 19.4 Å². The minimum absolute atomic E-state index is 0.110. The van der Waals surface area contributed by atoms with E-state index < -0.39 is 50.2 Å². The van der Waals surface area contributed by atoms with Crippen molar-refractivity contribution in [3.63, 3.8) is 0 Å². The van der Waals surface area contributed by atoms with Gasteiger partial charge in [-0.1, -0.05) is 20.3 Å². The molecule has 194 valence electrons. The highest BCUT2D eigenvalue weighted by molar-refractivity contribution is 7.92. The maximum absolute atomic E-state index is 13.1. The molecule has 1 fully saturated rings. The van der Waals surface area contributed by atoms with Crippen LogP contribution in [0.4, 0.5) is 34.1 Å². The lowest BCUT2D eigenvalue weighted by Gasteiger charge is -2.21. The van der Waals surface area contributed by atoms with Crippen molar-refractivity contribution in [3.05, 3.63) is 48.3 Å². The molecule has 0 saturated carbocycles. The molecule has 2 heterocycles. The lowest BCUT2D eigenvalue weighted by molar-refractivity contribution is -0.118. The first-order valence-corrected chi connectivity index (χ1v) is 12.3. The van der Waals surface area contributed by atoms with E-state index in [-0.39, 0.29) is 18.0 Å². The average molecular weight is 529 g/mol. The highest BCUT2D eigenvalue weighted by atomic mass is 32.2. The van der Waals surface area contributed by atoms with E-state index in [0.717, 1.165) is 18.6 Å². The van der Waals surface area contributed by atoms with E-state index >= 15 is 0 Å². The Balaban J connectivity index is 1.80. The summed E-state index contributed by atoms with van der Waals surface area (Å²) in [5.74, 6) is -1.38. The third-order valence-corrected chi connectivity index (χ3v) is 6.99. The first-order chi connectivity index (χ1) is 16.9. The van der Waals surface area contributed by atoms with Crippen molar-refractivity contribution in [2.45, 2.75) is 49.1 Å². The molecule has 36 heavy (non-hydrogen) atoms. The molecule has 2 atom stereocenters. The van der Waals surface area contributed by atoms with Crippen molar-refractivity contribution in [2.75, 3.05) is 16.8 Å². The Bertz CT molecular complexity index is 1250. The van der Waals surface area contributed by atoms with Crippen molar-refractivity contribution < 1.29 is 40.7 Å². The highest BCUT2D eigenvalue weighted by Gasteiger charge is 2.47. The monoisotopic (exact) mass is 528 g/mol. The summed E-state index contributed by atoms with van der Waals surface area (Å²) in [5, 5.41) is 5.08. The number of pyridine rings is 1. The number of carbonyl (C=O) groups is 3. The molecule has 1 aromatic carbocycles. The molecular weight excluding hydrogens is 505 g/mol. The van der Waals surface area contributed by atoms with E-state index in [9.17, 15) is 36.0 Å². The number of imide groups is 1. The van der Waals surface area contributed by atoms with Crippen LogP contribution >= 0.6 is 0 Å². The largest absolute Gasteiger partial charge is 0.501 e. The van der Waals surface area contributed by atoms with Crippen molar-refractivity contribution in [3.8, 4) is 0 Å². The Labute approximate surface area is 204 Å². The maximum atomic E-state index is 13.1. The van der Waals surface area contributed by atoms with Gasteiger partial charge in [0, 0.05) is 12.1 Å². The zero-order valence-corrected chi connectivity index (χ0v) is 20.0. The molecule has 3 rings (SSSR count). The van der Waals surface area contributed by atoms with Gasteiger partial charge in [0.05, 0.1) is 29.1 Å². The zero-order valence-electron chi connectivity index (χ0n) is 19.2. The van der Waals surface area contributed by atoms with Crippen molar-refractivity contribution in [2.24, 2.45) is 0 Å². The molecule has 1 saturated heterocycles. The molecule has 0 spiro atoms. The Morgan fingerprint density at radius 1 is 1.22 bits per heavy atom. The summed E-state index contributed by atoms with van der Waals surface area (Å²) in [6, 6.07) is 2.85. The first kappa shape index (κ1) is 26.9. The molecular formula is C22H23F3N4O6S. The van der Waals surface area contributed by atoms with Crippen LogP contribution in [-0.4, -0.2) is 49.6 Å². The lowest BCUT2D eigenvalue weighted by Crippen LogP contribution is -2.35. The van der Waals surface area contributed by atoms with Gasteiger partial charge in [0.15, 0.2) is 0 Å². The van der Waals surface area contributed by atoms with E-state index in [2.05, 4.69) is 15.6 Å². The summed E-state index contributed by atoms with van der Waals surface area (Å²) in [6.45, 7) is 3.80. The molecule has 14 heteroatoms. The number of sulfone groups is 1. The number of rotatable bonds is 8. The van der Waals surface area contributed by atoms with Gasteiger partial charge in [-0.15, -0.1) is 0 Å². The van der Waals surface area contributed by atoms with Crippen LogP contribution in [0.3, 0.4) is 0 Å². The van der Waals surface area contributed by atoms with Crippen LogP contribution in [0.5, 0.6) is 0 Å². The normalized spacial score (nSPS) is 17.0. The van der Waals surface area contributed by atoms with Crippen molar-refractivity contribution in [1.82, 2.24) is 10.3 Å². The molecule has 1 aliphatic heterocycles. The van der Waals surface area contributed by atoms with E-state index in [1.807, 2.05) is 6.92 Å². The summed E-state index contributed by atoms with van der Waals surface area (Å²) in [7, 11) is -5.58. The molecule has 0 radical (unpaired) electrons. The third kappa shape index (κ3) is 5.42. The van der Waals surface area contributed by atoms with Gasteiger partial charge in [0.1, 0.15) is 6.04 Å². The standard InChI is InChI=1S/C22H23F3N4O6S/c1-3-4-11-35-21(32)27-17-12-26-10-9-16(17)13(2)18-19(30)29(20(31)28-18)14-5-7-15(8-6-14)36(33,34)22(23,24)25/h5-10,12-13,18H,3-4,11H2,1-2H3,(H,27,32)(H,28,31). The summed E-state index contributed by atoms with van der Waals surface area (Å²) < 4.78 is 66.6. The summed E-state index contributed by atoms with van der Waals surface area (Å²) >= 11 is 0. The molecule has 2 aromatic rings. The van der Waals surface area contributed by atoms with Crippen molar-refractivity contribution in [1.29, 1.82) is 0 Å². The second kappa shape index (κ2) is 10.5. The van der Waals surface area contributed by atoms with Gasteiger partial charge in [0.2, 0.25) is 0 Å². The Hall–Kier alpha value is -3.68. The SMILES string of the molecule is CCCCOC(=O)Nc1cnccc1C(C)C1NC(=O)N(c2ccc(S(=O)(=O)C(F)(F)F)cc2)C1=O. The molecule has 0 bridgehead atoms. The van der Waals surface area contributed by atoms with Crippen LogP contribution in [0.15, 0.2) is 47.6 Å². The molecule has 10 nitrogen and oxygen atoms in total. The maximum Gasteiger partial charge on any atom is 0.501 e. The van der Waals surface area contributed by atoms with Gasteiger partial charge in [-0.3, -0.25) is 15.1 Å². The number of hydrogen-bond donors (Lipinski definition) is 2. The van der Waals surface area contributed by atoms with E-state index in [1.54, 1.807) is 13.0 Å². The number of amides is 4. The highest BCUT2D eigenvalue weighted by Crippen LogP contribution is 2.34. The van der Waals surface area contributed by atoms with Gasteiger partial charge in [-0.2, -0.15) is 13.2 Å². The van der Waals surface area contributed by atoms with Crippen LogP contribution in [0, 0.1) is 0 Å². The number of aromatic nitrogens is 1. The number of alkyl halides is 3. The van der Waals surface area contributed by atoms with E-state index in [1.165, 1.54) is 12.4 Å². The molecule has 2 N–H and O–H groups in total. The number of hydrogen-bond acceptors (Lipinski definition) is 7. The topological polar surface area (TPSA) is 135 Å². The second-order valence-corrected chi connectivity index (χ2v) is 9.85. The van der Waals surface area contributed by atoms with Crippen LogP contribution in [0.1, 0.15) is 38.2 Å². The zero-order chi connectivity index (χ0) is 26.7. The minimum Gasteiger partial charge on any atom is -0.449 e. The lowest BCUT2D eigenvalue weighted by atomic mass is 9.92. The molecule has 1 aliphatic rings. The van der Waals surface area contributed by atoms with Crippen LogP contribution < -0.4 is 15.5 Å². The number of nitrogens with one attached hydrogen (secondary N) is 2. The van der Waals surface area contributed by atoms with Gasteiger partial charge < -0.3 is 10.1 Å². The Kier molecular flexibility index (Phi) is 7.86. The number of nitrogens with zero attached hydrogens (tertiary/aromatic N) is 2. The van der Waals surface area contributed by atoms with Gasteiger partial charge >= 0.3 is 17.6 Å². The van der Waals surface area contributed by atoms with E-state index in [0.29, 0.717) is 29.0 Å². The second-order valence-electron chi connectivity index (χ2n) is 7.91. The number of halogens is 3. The van der Waals surface area contributed by atoms with Gasteiger partial charge in [-0.05, 0) is 42.3 Å². The third-order valence-electron chi connectivity index (χ3n) is 5.49. The predicted molar refractivity (Wildman–Crippen MR) is 122 cm³/mol. The Morgan fingerprint density at radius 3 is 2.50 bits per heavy atom. The Morgan fingerprint density at radius 2 is 1.89 bits per heavy atom. The number of benzene rings is 1. The average Bonchev–Trinajstić information content (AvgIpc) is 3.12. The summed E-state index contributed by atoms with van der Waals surface area (Å²) in [6.07, 6.45) is 3.63. The number of anilines is 2. The van der Waals surface area contributed by atoms with E-state index in [4.69, 9.17) is 4.74 Å². The van der Waals surface area contributed by atoms with Crippen LogP contribution in [0.2, 0.25) is 0 Å². The predicted octanol–water partition coefficient (Wildman–Crippen LogP) is 3.95. The number of carbonyl (C=O) groups excluding carboxylic acids is 3. The van der Waals surface area contributed by atoms with Gasteiger partial charge in [0.25, 0.3) is 15.7 Å². The number of urea groups is 1. The molecule has 2 unspecified atom stereocenters. The van der Waals surface area contributed by atoms with Crippen molar-refractivity contribution >= 4 is 39.2 Å². The summed E-state index contributed by atoms with van der Waals surface area (Å²) in [5.41, 5.74) is -4.85.